The minimum atomic E-state index is 0.322. The van der Waals surface area contributed by atoms with Gasteiger partial charge < -0.3 is 14.7 Å². The number of para-hydroxylation sites is 2. The van der Waals surface area contributed by atoms with E-state index in [2.05, 4.69) is 27.8 Å². The topological polar surface area (TPSA) is 40.5 Å². The molecule has 0 unspecified atom stereocenters. The maximum Gasteiger partial charge on any atom is 0.115 e. The Morgan fingerprint density at radius 3 is 1.04 bits per heavy atom. The molecule has 0 aliphatic carbocycles. The number of unbranched alkanes of at least 4 members (excludes halogenated alkanes) is 3. The second-order valence-corrected chi connectivity index (χ2v) is 7.52. The molecule has 0 heterocycles. The molecule has 0 atom stereocenters. The van der Waals surface area contributed by atoms with Crippen LogP contribution < -0.4 is 0 Å². The highest BCUT2D eigenvalue weighted by atomic mass is 16.3. The SMILES string of the molecule is CCCC[N+](C)(CCCC)CCCC.Oc1ccccc1.Oc1ccccc1. The van der Waals surface area contributed by atoms with Gasteiger partial charge in [-0.15, -0.1) is 0 Å². The summed E-state index contributed by atoms with van der Waals surface area (Å²) in [7, 11) is 2.45. The lowest BCUT2D eigenvalue weighted by atomic mass is 10.2. The molecule has 2 aromatic rings. The van der Waals surface area contributed by atoms with Crippen LogP contribution in [0.5, 0.6) is 11.5 Å². The summed E-state index contributed by atoms with van der Waals surface area (Å²) in [5.74, 6) is 0.644. The van der Waals surface area contributed by atoms with E-state index in [-0.39, 0.29) is 0 Å². The van der Waals surface area contributed by atoms with E-state index in [9.17, 15) is 0 Å². The molecule has 0 aliphatic rings. The van der Waals surface area contributed by atoms with Gasteiger partial charge in [0, 0.05) is 0 Å². The van der Waals surface area contributed by atoms with Crippen molar-refractivity contribution in [1.29, 1.82) is 0 Å². The van der Waals surface area contributed by atoms with Gasteiger partial charge in [0.25, 0.3) is 0 Å². The number of phenolic OH excluding ortho intramolecular Hbond substituents is 2. The Morgan fingerprint density at radius 1 is 0.571 bits per heavy atom. The van der Waals surface area contributed by atoms with Crippen molar-refractivity contribution in [2.45, 2.75) is 59.3 Å². The van der Waals surface area contributed by atoms with E-state index in [0.717, 1.165) is 0 Å². The Morgan fingerprint density at radius 2 is 0.857 bits per heavy atom. The van der Waals surface area contributed by atoms with Crippen molar-refractivity contribution >= 4 is 0 Å². The van der Waals surface area contributed by atoms with Crippen molar-refractivity contribution in [3.8, 4) is 11.5 Å². The summed E-state index contributed by atoms with van der Waals surface area (Å²) in [5, 5.41) is 17.3. The Kier molecular flexibility index (Phi) is 15.9. The molecule has 0 saturated heterocycles. The van der Waals surface area contributed by atoms with Gasteiger partial charge >= 0.3 is 0 Å². The Bertz CT molecular complexity index is 498. The van der Waals surface area contributed by atoms with Gasteiger partial charge in [0.05, 0.1) is 26.7 Å². The molecular weight excluding hydrogens is 346 g/mol. The van der Waals surface area contributed by atoms with E-state index in [1.807, 2.05) is 12.1 Å². The van der Waals surface area contributed by atoms with Gasteiger partial charge in [-0.05, 0) is 43.5 Å². The number of phenols is 2. The lowest BCUT2D eigenvalue weighted by Gasteiger charge is -2.34. The average molecular weight is 389 g/mol. The number of rotatable bonds is 9. The number of aromatic hydroxyl groups is 2. The predicted molar refractivity (Wildman–Crippen MR) is 122 cm³/mol. The van der Waals surface area contributed by atoms with Crippen molar-refractivity contribution in [3.05, 3.63) is 60.7 Å². The maximum absolute atomic E-state index is 8.63. The summed E-state index contributed by atoms with van der Waals surface area (Å²) in [6.07, 6.45) is 8.20. The van der Waals surface area contributed by atoms with Crippen LogP contribution in [0.4, 0.5) is 0 Å². The molecule has 0 aliphatic heterocycles. The summed E-state index contributed by atoms with van der Waals surface area (Å²) in [6, 6.07) is 17.4. The molecule has 0 amide bonds. The summed E-state index contributed by atoms with van der Waals surface area (Å²) >= 11 is 0. The molecule has 0 aromatic heterocycles. The first-order chi connectivity index (χ1) is 13.5. The number of hydrogen-bond donors (Lipinski definition) is 2. The molecule has 3 heteroatoms. The normalized spacial score (nSPS) is 10.3. The number of hydrogen-bond acceptors (Lipinski definition) is 2. The van der Waals surface area contributed by atoms with Crippen LogP contribution in [0.25, 0.3) is 0 Å². The summed E-state index contributed by atoms with van der Waals surface area (Å²) < 4.78 is 1.32. The molecule has 0 spiro atoms. The van der Waals surface area contributed by atoms with Crippen LogP contribution in [-0.4, -0.2) is 41.4 Å². The highest BCUT2D eigenvalue weighted by molar-refractivity contribution is 5.19. The first-order valence-corrected chi connectivity index (χ1v) is 10.8. The van der Waals surface area contributed by atoms with E-state index in [1.54, 1.807) is 48.5 Å². The fourth-order valence-electron chi connectivity index (χ4n) is 2.81. The minimum absolute atomic E-state index is 0.322. The quantitative estimate of drug-likeness (QED) is 0.474. The van der Waals surface area contributed by atoms with Crippen LogP contribution in [0.2, 0.25) is 0 Å². The summed E-state index contributed by atoms with van der Waals surface area (Å²) in [5.41, 5.74) is 0. The van der Waals surface area contributed by atoms with E-state index in [0.29, 0.717) is 11.5 Å². The van der Waals surface area contributed by atoms with Gasteiger partial charge in [-0.25, -0.2) is 0 Å². The standard InChI is InChI=1S/C13H30N.2C6H6O/c1-5-8-11-14(4,12-9-6-2)13-10-7-3;2*7-6-4-2-1-3-5-6/h5-13H2,1-4H3;2*1-5,7H/q+1;;. The Hall–Kier alpha value is -2.00. The van der Waals surface area contributed by atoms with Crippen LogP contribution in [0.3, 0.4) is 0 Å². The number of benzene rings is 2. The van der Waals surface area contributed by atoms with Gasteiger partial charge in [0.15, 0.2) is 0 Å². The third kappa shape index (κ3) is 15.1. The first-order valence-electron chi connectivity index (χ1n) is 10.8. The average Bonchev–Trinajstić information content (AvgIpc) is 2.72. The largest absolute Gasteiger partial charge is 0.508 e. The van der Waals surface area contributed by atoms with E-state index >= 15 is 0 Å². The molecule has 28 heavy (non-hydrogen) atoms. The molecule has 0 radical (unpaired) electrons. The van der Waals surface area contributed by atoms with E-state index in [4.69, 9.17) is 10.2 Å². The highest BCUT2D eigenvalue weighted by Gasteiger charge is 2.18. The van der Waals surface area contributed by atoms with Crippen molar-refractivity contribution in [2.75, 3.05) is 26.7 Å². The third-order valence-electron chi connectivity index (χ3n) is 4.67. The van der Waals surface area contributed by atoms with Gasteiger partial charge in [-0.2, -0.15) is 0 Å². The van der Waals surface area contributed by atoms with Gasteiger partial charge in [0.1, 0.15) is 11.5 Å². The Balaban J connectivity index is 0.000000431. The lowest BCUT2D eigenvalue weighted by molar-refractivity contribution is -0.910. The smallest absolute Gasteiger partial charge is 0.115 e. The second-order valence-electron chi connectivity index (χ2n) is 7.52. The van der Waals surface area contributed by atoms with Crippen LogP contribution in [-0.2, 0) is 0 Å². The second kappa shape index (κ2) is 17.1. The zero-order valence-corrected chi connectivity index (χ0v) is 18.5. The summed E-state index contributed by atoms with van der Waals surface area (Å²) in [4.78, 5) is 0. The Labute approximate surface area is 173 Å². The highest BCUT2D eigenvalue weighted by Crippen LogP contribution is 2.10. The molecule has 0 fully saturated rings. The van der Waals surface area contributed by atoms with Crippen LogP contribution in [0.15, 0.2) is 60.7 Å². The molecule has 2 aromatic carbocycles. The van der Waals surface area contributed by atoms with Crippen molar-refractivity contribution in [1.82, 2.24) is 0 Å². The number of nitrogens with zero attached hydrogens (tertiary/aromatic N) is 1. The molecule has 2 N–H and O–H groups in total. The van der Waals surface area contributed by atoms with Gasteiger partial charge in [0.2, 0.25) is 0 Å². The molecule has 3 nitrogen and oxygen atoms in total. The van der Waals surface area contributed by atoms with Crippen LogP contribution in [0.1, 0.15) is 59.3 Å². The summed E-state index contributed by atoms with van der Waals surface area (Å²) in [6.45, 7) is 11.0. The fourth-order valence-corrected chi connectivity index (χ4v) is 2.81. The molecular formula is C25H42NO2+. The first kappa shape index (κ1) is 26.0. The van der Waals surface area contributed by atoms with E-state index < -0.39 is 0 Å². The van der Waals surface area contributed by atoms with Crippen molar-refractivity contribution in [2.24, 2.45) is 0 Å². The van der Waals surface area contributed by atoms with Crippen molar-refractivity contribution < 1.29 is 14.7 Å². The maximum atomic E-state index is 8.63. The fraction of sp³-hybridized carbons (Fsp3) is 0.520. The van der Waals surface area contributed by atoms with Gasteiger partial charge in [-0.3, -0.25) is 0 Å². The minimum Gasteiger partial charge on any atom is -0.508 e. The zero-order chi connectivity index (χ0) is 21.1. The predicted octanol–water partition coefficient (Wildman–Crippen LogP) is 6.62. The van der Waals surface area contributed by atoms with Crippen LogP contribution in [0, 0.1) is 0 Å². The monoisotopic (exact) mass is 388 g/mol. The molecule has 0 saturated carbocycles. The lowest BCUT2D eigenvalue weighted by Crippen LogP contribution is -2.46. The zero-order valence-electron chi connectivity index (χ0n) is 18.5. The van der Waals surface area contributed by atoms with E-state index in [1.165, 1.54) is 62.6 Å². The molecule has 158 valence electrons. The molecule has 2 rings (SSSR count). The molecule has 0 bridgehead atoms. The third-order valence-corrected chi connectivity index (χ3v) is 4.67. The van der Waals surface area contributed by atoms with Crippen molar-refractivity contribution in [3.63, 3.8) is 0 Å². The van der Waals surface area contributed by atoms with Crippen LogP contribution >= 0.6 is 0 Å². The van der Waals surface area contributed by atoms with Gasteiger partial charge in [-0.1, -0.05) is 76.4 Å². The number of quaternary nitrogens is 1.